The number of aryl methyl sites for hydroxylation is 1. The van der Waals surface area contributed by atoms with Crippen molar-refractivity contribution >= 4 is 17.6 Å². The summed E-state index contributed by atoms with van der Waals surface area (Å²) >= 11 is 0. The van der Waals surface area contributed by atoms with Crippen molar-refractivity contribution in [2.45, 2.75) is 38.6 Å². The molecule has 1 rings (SSSR count). The maximum atomic E-state index is 11.6. The average Bonchev–Trinajstić information content (AvgIpc) is 2.31. The minimum Gasteiger partial charge on any atom is -0.481 e. The molecule has 5 nitrogen and oxygen atoms in total. The van der Waals surface area contributed by atoms with Crippen LogP contribution in [0.1, 0.15) is 31.7 Å². The molecule has 0 aromatic heterocycles. The summed E-state index contributed by atoms with van der Waals surface area (Å²) in [6.45, 7) is 3.63. The van der Waals surface area contributed by atoms with Gasteiger partial charge in [0.15, 0.2) is 0 Å². The molecule has 1 aromatic carbocycles. The number of carbonyl (C=O) groups is 2. The van der Waals surface area contributed by atoms with Crippen LogP contribution in [0.4, 0.5) is 5.69 Å². The zero-order valence-electron chi connectivity index (χ0n) is 11.3. The molecule has 0 heterocycles. The topological polar surface area (TPSA) is 92.4 Å². The minimum absolute atomic E-state index is 0.0261. The Bertz CT molecular complexity index is 474. The van der Waals surface area contributed by atoms with Crippen LogP contribution in [0.15, 0.2) is 24.3 Å². The van der Waals surface area contributed by atoms with Crippen molar-refractivity contribution in [3.05, 3.63) is 29.8 Å². The summed E-state index contributed by atoms with van der Waals surface area (Å²) in [7, 11) is 0. The molecule has 0 aliphatic rings. The van der Waals surface area contributed by atoms with Crippen molar-refractivity contribution in [3.8, 4) is 0 Å². The lowest BCUT2D eigenvalue weighted by Gasteiger charge is -2.29. The van der Waals surface area contributed by atoms with Crippen LogP contribution in [0.2, 0.25) is 0 Å². The van der Waals surface area contributed by atoms with Gasteiger partial charge < -0.3 is 16.2 Å². The van der Waals surface area contributed by atoms with Crippen molar-refractivity contribution in [3.63, 3.8) is 0 Å². The van der Waals surface area contributed by atoms with E-state index in [1.54, 1.807) is 6.92 Å². The van der Waals surface area contributed by atoms with Gasteiger partial charge in [-0.15, -0.1) is 0 Å². The molecule has 0 aliphatic carbocycles. The molecular weight excluding hydrogens is 244 g/mol. The van der Waals surface area contributed by atoms with Gasteiger partial charge in [-0.2, -0.15) is 0 Å². The van der Waals surface area contributed by atoms with Crippen LogP contribution in [0.25, 0.3) is 0 Å². The van der Waals surface area contributed by atoms with E-state index in [4.69, 9.17) is 10.8 Å². The summed E-state index contributed by atoms with van der Waals surface area (Å²) in [5.74, 6) is -1.36. The fraction of sp³-hybridized carbons (Fsp3) is 0.429. The highest BCUT2D eigenvalue weighted by Crippen LogP contribution is 2.23. The lowest BCUT2D eigenvalue weighted by atomic mass is 9.93. The third-order valence-electron chi connectivity index (χ3n) is 3.17. The molecule has 0 saturated carbocycles. The molecule has 4 N–H and O–H groups in total. The molecule has 1 unspecified atom stereocenters. The number of nitrogens with two attached hydrogens (primary N) is 1. The monoisotopic (exact) mass is 264 g/mol. The van der Waals surface area contributed by atoms with Gasteiger partial charge in [-0.25, -0.2) is 0 Å². The molecule has 1 amide bonds. The van der Waals surface area contributed by atoms with Gasteiger partial charge in [0.1, 0.15) is 5.54 Å². The number of carboxylic acids is 1. The molecule has 19 heavy (non-hydrogen) atoms. The minimum atomic E-state index is -0.943. The fourth-order valence-electron chi connectivity index (χ4n) is 1.85. The van der Waals surface area contributed by atoms with E-state index in [1.807, 2.05) is 31.2 Å². The van der Waals surface area contributed by atoms with E-state index in [0.29, 0.717) is 12.8 Å². The number of carbonyl (C=O) groups excluding carboxylic acids is 1. The lowest BCUT2D eigenvalue weighted by molar-refractivity contribution is -0.137. The Kier molecular flexibility index (Phi) is 4.92. The molecule has 0 fully saturated rings. The maximum absolute atomic E-state index is 11.6. The number of para-hydroxylation sites is 1. The van der Waals surface area contributed by atoms with Crippen LogP contribution in [-0.4, -0.2) is 22.5 Å². The smallest absolute Gasteiger partial charge is 0.303 e. The zero-order chi connectivity index (χ0) is 14.5. The third-order valence-corrected chi connectivity index (χ3v) is 3.17. The molecular formula is C14H20N2O3. The van der Waals surface area contributed by atoms with E-state index in [0.717, 1.165) is 11.3 Å². The first kappa shape index (κ1) is 15.0. The highest BCUT2D eigenvalue weighted by molar-refractivity contribution is 5.87. The Balaban J connectivity index is 2.79. The largest absolute Gasteiger partial charge is 0.481 e. The maximum Gasteiger partial charge on any atom is 0.303 e. The molecule has 1 atom stereocenters. The Morgan fingerprint density at radius 3 is 2.53 bits per heavy atom. The second kappa shape index (κ2) is 6.22. The second-order valence-corrected chi connectivity index (χ2v) is 4.88. The Morgan fingerprint density at radius 1 is 1.37 bits per heavy atom. The van der Waals surface area contributed by atoms with Gasteiger partial charge in [0.25, 0.3) is 0 Å². The highest BCUT2D eigenvalue weighted by atomic mass is 16.4. The zero-order valence-corrected chi connectivity index (χ0v) is 11.3. The van der Waals surface area contributed by atoms with Crippen LogP contribution in [0.3, 0.4) is 0 Å². The van der Waals surface area contributed by atoms with Gasteiger partial charge in [-0.1, -0.05) is 18.2 Å². The number of anilines is 1. The fourth-order valence-corrected chi connectivity index (χ4v) is 1.85. The van der Waals surface area contributed by atoms with Gasteiger partial charge in [-0.05, 0) is 38.3 Å². The van der Waals surface area contributed by atoms with E-state index in [9.17, 15) is 9.59 Å². The van der Waals surface area contributed by atoms with E-state index >= 15 is 0 Å². The first-order chi connectivity index (χ1) is 8.85. The summed E-state index contributed by atoms with van der Waals surface area (Å²) in [6.07, 6.45) is 0.801. The first-order valence-electron chi connectivity index (χ1n) is 6.20. The molecule has 0 bridgehead atoms. The molecule has 104 valence electrons. The van der Waals surface area contributed by atoms with Crippen LogP contribution in [-0.2, 0) is 9.59 Å². The number of hydrogen-bond acceptors (Lipinski definition) is 3. The number of primary amides is 1. The third kappa shape index (κ3) is 4.28. The molecule has 0 spiro atoms. The SMILES string of the molecule is Cc1ccccc1NC(C)(CCCC(=O)O)C(N)=O. The molecule has 0 radical (unpaired) electrons. The predicted octanol–water partition coefficient (Wildman–Crippen LogP) is 1.91. The Hall–Kier alpha value is -2.04. The number of aliphatic carboxylic acids is 1. The van der Waals surface area contributed by atoms with Crippen molar-refractivity contribution < 1.29 is 14.7 Å². The second-order valence-electron chi connectivity index (χ2n) is 4.88. The molecule has 5 heteroatoms. The molecule has 0 saturated heterocycles. The van der Waals surface area contributed by atoms with E-state index in [2.05, 4.69) is 5.32 Å². The number of hydrogen-bond donors (Lipinski definition) is 3. The summed E-state index contributed by atoms with van der Waals surface area (Å²) in [5.41, 5.74) is 6.33. The summed E-state index contributed by atoms with van der Waals surface area (Å²) in [6, 6.07) is 7.58. The van der Waals surface area contributed by atoms with Crippen molar-refractivity contribution in [2.75, 3.05) is 5.32 Å². The quantitative estimate of drug-likeness (QED) is 0.701. The first-order valence-corrected chi connectivity index (χ1v) is 6.20. The van der Waals surface area contributed by atoms with Crippen molar-refractivity contribution in [1.29, 1.82) is 0 Å². The van der Waals surface area contributed by atoms with Gasteiger partial charge in [0.05, 0.1) is 0 Å². The molecule has 1 aromatic rings. The number of nitrogens with one attached hydrogen (secondary N) is 1. The van der Waals surface area contributed by atoms with E-state index < -0.39 is 17.4 Å². The lowest BCUT2D eigenvalue weighted by Crippen LogP contribution is -2.48. The summed E-state index contributed by atoms with van der Waals surface area (Å²) in [4.78, 5) is 22.2. The normalized spacial score (nSPS) is 13.6. The Labute approximate surface area is 112 Å². The van der Waals surface area contributed by atoms with Gasteiger partial charge in [-0.3, -0.25) is 9.59 Å². The van der Waals surface area contributed by atoms with Crippen LogP contribution in [0, 0.1) is 6.92 Å². The summed E-state index contributed by atoms with van der Waals surface area (Å²) in [5, 5.41) is 11.8. The van der Waals surface area contributed by atoms with Crippen LogP contribution >= 0.6 is 0 Å². The predicted molar refractivity (Wildman–Crippen MR) is 73.9 cm³/mol. The van der Waals surface area contributed by atoms with Crippen LogP contribution in [0.5, 0.6) is 0 Å². The number of rotatable bonds is 7. The van der Waals surface area contributed by atoms with Crippen molar-refractivity contribution in [2.24, 2.45) is 5.73 Å². The van der Waals surface area contributed by atoms with E-state index in [-0.39, 0.29) is 6.42 Å². The van der Waals surface area contributed by atoms with E-state index in [1.165, 1.54) is 0 Å². The van der Waals surface area contributed by atoms with Crippen LogP contribution < -0.4 is 11.1 Å². The van der Waals surface area contributed by atoms with Gasteiger partial charge in [0.2, 0.25) is 5.91 Å². The highest BCUT2D eigenvalue weighted by Gasteiger charge is 2.30. The van der Waals surface area contributed by atoms with Crippen molar-refractivity contribution in [1.82, 2.24) is 0 Å². The number of carboxylic acid groups (broad SMARTS) is 1. The molecule has 0 aliphatic heterocycles. The number of benzene rings is 1. The van der Waals surface area contributed by atoms with Gasteiger partial charge >= 0.3 is 5.97 Å². The number of amides is 1. The average molecular weight is 264 g/mol. The standard InChI is InChI=1S/C14H20N2O3/c1-10-6-3-4-7-11(10)16-14(2,13(15)19)9-5-8-12(17)18/h3-4,6-7,16H,5,8-9H2,1-2H3,(H2,15,19)(H,17,18). The summed E-state index contributed by atoms with van der Waals surface area (Å²) < 4.78 is 0. The Morgan fingerprint density at radius 2 is 2.00 bits per heavy atom. The van der Waals surface area contributed by atoms with Gasteiger partial charge in [0, 0.05) is 12.1 Å².